The number of nitrogens with zero attached hydrogens (tertiary/aromatic N) is 1. The molecule has 0 atom stereocenters. The van der Waals surface area contributed by atoms with E-state index in [1.165, 1.54) is 4.88 Å². The quantitative estimate of drug-likeness (QED) is 0.863. The van der Waals surface area contributed by atoms with E-state index >= 15 is 0 Å². The highest BCUT2D eigenvalue weighted by molar-refractivity contribution is 7.11. The first-order valence-corrected chi connectivity index (χ1v) is 6.94. The summed E-state index contributed by atoms with van der Waals surface area (Å²) < 4.78 is 0. The molecule has 0 bridgehead atoms. The minimum atomic E-state index is -0.868. The minimum absolute atomic E-state index is 0.134. The summed E-state index contributed by atoms with van der Waals surface area (Å²) in [7, 11) is 0. The van der Waals surface area contributed by atoms with Gasteiger partial charge < -0.3 is 15.3 Å². The van der Waals surface area contributed by atoms with Gasteiger partial charge in [-0.05, 0) is 39.8 Å². The van der Waals surface area contributed by atoms with Crippen molar-refractivity contribution >= 4 is 17.4 Å². The summed E-state index contributed by atoms with van der Waals surface area (Å²) in [5.41, 5.74) is -0.868. The van der Waals surface area contributed by atoms with Gasteiger partial charge in [0, 0.05) is 16.3 Å². The average molecular weight is 270 g/mol. The summed E-state index contributed by atoms with van der Waals surface area (Å²) in [5.74, 6) is 0. The Kier molecular flexibility index (Phi) is 5.16. The second kappa shape index (κ2) is 6.20. The maximum Gasteiger partial charge on any atom is 0.317 e. The lowest BCUT2D eigenvalue weighted by molar-refractivity contribution is 0.0480. The van der Waals surface area contributed by atoms with Crippen LogP contribution in [0.5, 0.6) is 0 Å². The van der Waals surface area contributed by atoms with Gasteiger partial charge in [-0.1, -0.05) is 0 Å². The van der Waals surface area contributed by atoms with Crippen LogP contribution in [0.3, 0.4) is 0 Å². The zero-order valence-electron chi connectivity index (χ0n) is 11.5. The van der Waals surface area contributed by atoms with E-state index in [-0.39, 0.29) is 6.03 Å². The van der Waals surface area contributed by atoms with Gasteiger partial charge in [-0.3, -0.25) is 0 Å². The number of urea groups is 1. The third-order valence-electron chi connectivity index (χ3n) is 2.46. The number of aryl methyl sites for hydroxylation is 1. The summed E-state index contributed by atoms with van der Waals surface area (Å²) in [6.07, 6.45) is 0. The number of thiophene rings is 1. The maximum absolute atomic E-state index is 11.9. The topological polar surface area (TPSA) is 52.6 Å². The van der Waals surface area contributed by atoms with Gasteiger partial charge in [0.15, 0.2) is 0 Å². The Hall–Kier alpha value is -1.07. The van der Waals surface area contributed by atoms with Crippen molar-refractivity contribution in [3.63, 3.8) is 0 Å². The fourth-order valence-corrected chi connectivity index (χ4v) is 2.48. The molecule has 0 unspecified atom stereocenters. The summed E-state index contributed by atoms with van der Waals surface area (Å²) in [6, 6.07) is 3.93. The zero-order chi connectivity index (χ0) is 13.8. The number of nitrogens with one attached hydrogen (secondary N) is 1. The van der Waals surface area contributed by atoms with E-state index < -0.39 is 5.60 Å². The molecule has 0 saturated heterocycles. The first-order valence-electron chi connectivity index (χ1n) is 6.12. The lowest BCUT2D eigenvalue weighted by Crippen LogP contribution is -2.46. The van der Waals surface area contributed by atoms with Gasteiger partial charge in [-0.2, -0.15) is 0 Å². The highest BCUT2D eigenvalue weighted by atomic mass is 32.1. The van der Waals surface area contributed by atoms with Crippen molar-refractivity contribution in [1.29, 1.82) is 0 Å². The molecule has 1 heterocycles. The predicted octanol–water partition coefficient (Wildman–Crippen LogP) is 2.36. The molecule has 2 amide bonds. The van der Waals surface area contributed by atoms with Crippen molar-refractivity contribution in [1.82, 2.24) is 10.2 Å². The molecule has 1 rings (SSSR count). The smallest absolute Gasteiger partial charge is 0.317 e. The number of rotatable bonds is 5. The van der Waals surface area contributed by atoms with Crippen LogP contribution in [-0.4, -0.2) is 34.7 Å². The zero-order valence-corrected chi connectivity index (χ0v) is 12.3. The van der Waals surface area contributed by atoms with Gasteiger partial charge in [0.1, 0.15) is 0 Å². The predicted molar refractivity (Wildman–Crippen MR) is 74.8 cm³/mol. The number of likely N-dealkylation sites (N-methyl/N-ethyl adjacent to an activating group) is 1. The number of carbonyl (C=O) groups is 1. The van der Waals surface area contributed by atoms with Crippen LogP contribution < -0.4 is 5.32 Å². The summed E-state index contributed by atoms with van der Waals surface area (Å²) in [5, 5.41) is 12.6. The number of hydrogen-bond donors (Lipinski definition) is 2. The van der Waals surface area contributed by atoms with Gasteiger partial charge >= 0.3 is 6.03 Å². The Morgan fingerprint density at radius 1 is 1.50 bits per heavy atom. The van der Waals surface area contributed by atoms with E-state index in [0.29, 0.717) is 19.6 Å². The minimum Gasteiger partial charge on any atom is -0.389 e. The van der Waals surface area contributed by atoms with E-state index in [1.807, 2.05) is 26.0 Å². The highest BCUT2D eigenvalue weighted by Crippen LogP contribution is 2.14. The van der Waals surface area contributed by atoms with Crippen LogP contribution in [0.4, 0.5) is 4.79 Å². The molecule has 2 N–H and O–H groups in total. The molecule has 4 nitrogen and oxygen atoms in total. The summed E-state index contributed by atoms with van der Waals surface area (Å²) in [4.78, 5) is 15.9. The molecule has 0 fully saturated rings. The van der Waals surface area contributed by atoms with E-state index in [2.05, 4.69) is 5.32 Å². The molecule has 0 radical (unpaired) electrons. The molecule has 0 aliphatic heterocycles. The van der Waals surface area contributed by atoms with Crippen molar-refractivity contribution in [2.45, 2.75) is 39.8 Å². The van der Waals surface area contributed by atoms with Crippen molar-refractivity contribution < 1.29 is 9.90 Å². The monoisotopic (exact) mass is 270 g/mol. The molecular formula is C13H22N2O2S. The van der Waals surface area contributed by atoms with Gasteiger partial charge in [0.25, 0.3) is 0 Å². The van der Waals surface area contributed by atoms with Crippen LogP contribution in [-0.2, 0) is 6.54 Å². The molecular weight excluding hydrogens is 248 g/mol. The molecule has 0 spiro atoms. The largest absolute Gasteiger partial charge is 0.389 e. The second-order valence-corrected chi connectivity index (χ2v) is 6.37. The van der Waals surface area contributed by atoms with Crippen molar-refractivity contribution in [2.24, 2.45) is 0 Å². The van der Waals surface area contributed by atoms with Gasteiger partial charge in [-0.25, -0.2) is 4.79 Å². The molecule has 0 aliphatic carbocycles. The molecule has 102 valence electrons. The van der Waals surface area contributed by atoms with Gasteiger partial charge in [0.05, 0.1) is 18.7 Å². The SMILES string of the molecule is CCN(CC(C)(C)O)C(=O)NCc1ccc(C)s1. The van der Waals surface area contributed by atoms with E-state index in [1.54, 1.807) is 30.1 Å². The van der Waals surface area contributed by atoms with Crippen molar-refractivity contribution in [3.05, 3.63) is 21.9 Å². The Balaban J connectivity index is 2.47. The normalized spacial score (nSPS) is 11.4. The lowest BCUT2D eigenvalue weighted by atomic mass is 10.1. The van der Waals surface area contributed by atoms with Crippen LogP contribution >= 0.6 is 11.3 Å². The average Bonchev–Trinajstić information content (AvgIpc) is 2.67. The Morgan fingerprint density at radius 3 is 2.61 bits per heavy atom. The highest BCUT2D eigenvalue weighted by Gasteiger charge is 2.20. The maximum atomic E-state index is 11.9. The van der Waals surface area contributed by atoms with Crippen molar-refractivity contribution in [3.8, 4) is 0 Å². The summed E-state index contributed by atoms with van der Waals surface area (Å²) >= 11 is 1.68. The number of hydrogen-bond acceptors (Lipinski definition) is 3. The molecule has 0 aromatic carbocycles. The van der Waals surface area contributed by atoms with Crippen LogP contribution in [0.15, 0.2) is 12.1 Å². The van der Waals surface area contributed by atoms with E-state index in [0.717, 1.165) is 4.88 Å². The Labute approximate surface area is 113 Å². The molecule has 1 aromatic heterocycles. The van der Waals surface area contributed by atoms with Crippen LogP contribution in [0.2, 0.25) is 0 Å². The van der Waals surface area contributed by atoms with Gasteiger partial charge in [-0.15, -0.1) is 11.3 Å². The molecule has 18 heavy (non-hydrogen) atoms. The lowest BCUT2D eigenvalue weighted by Gasteiger charge is -2.28. The Morgan fingerprint density at radius 2 is 2.17 bits per heavy atom. The third kappa shape index (κ3) is 5.06. The standard InChI is InChI=1S/C13H22N2O2S/c1-5-15(9-13(3,4)17)12(16)14-8-11-7-6-10(2)18-11/h6-7,17H,5,8-9H2,1-4H3,(H,14,16). The van der Waals surface area contributed by atoms with E-state index in [9.17, 15) is 9.90 Å². The first-order chi connectivity index (χ1) is 8.31. The van der Waals surface area contributed by atoms with Crippen LogP contribution in [0.25, 0.3) is 0 Å². The third-order valence-corrected chi connectivity index (χ3v) is 3.46. The van der Waals surface area contributed by atoms with Crippen LogP contribution in [0.1, 0.15) is 30.5 Å². The molecule has 0 aliphatic rings. The molecule has 1 aromatic rings. The first kappa shape index (κ1) is 15.0. The number of amides is 2. The Bertz CT molecular complexity index is 396. The summed E-state index contributed by atoms with van der Waals surface area (Å²) in [6.45, 7) is 8.80. The van der Waals surface area contributed by atoms with Crippen LogP contribution in [0, 0.1) is 6.92 Å². The fraction of sp³-hybridized carbons (Fsp3) is 0.615. The fourth-order valence-electron chi connectivity index (χ4n) is 1.65. The van der Waals surface area contributed by atoms with Gasteiger partial charge in [0.2, 0.25) is 0 Å². The van der Waals surface area contributed by atoms with Crippen molar-refractivity contribution in [2.75, 3.05) is 13.1 Å². The molecule has 5 heteroatoms. The second-order valence-electron chi connectivity index (χ2n) is 5.00. The number of carbonyl (C=O) groups excluding carboxylic acids is 1. The molecule has 0 saturated carbocycles. The number of aliphatic hydroxyl groups is 1. The van der Waals surface area contributed by atoms with E-state index in [4.69, 9.17) is 0 Å².